The number of pyridine rings is 1. The molecule has 22 heavy (non-hydrogen) atoms. The molecule has 0 fully saturated rings. The highest BCUT2D eigenvalue weighted by molar-refractivity contribution is 6.35. The third-order valence-electron chi connectivity index (χ3n) is 3.86. The van der Waals surface area contributed by atoms with E-state index in [0.717, 1.165) is 23.4 Å². The molecule has 1 atom stereocenters. The lowest BCUT2D eigenvalue weighted by Gasteiger charge is -2.29. The van der Waals surface area contributed by atoms with Crippen LogP contribution in [0, 0.1) is 5.92 Å². The van der Waals surface area contributed by atoms with Gasteiger partial charge in [0.2, 0.25) is 0 Å². The Kier molecular flexibility index (Phi) is 4.23. The normalized spacial score (nSPS) is 18.3. The third-order valence-corrected chi connectivity index (χ3v) is 4.35. The van der Waals surface area contributed by atoms with E-state index in [2.05, 4.69) is 35.9 Å². The van der Waals surface area contributed by atoms with E-state index in [4.69, 9.17) is 23.2 Å². The predicted molar refractivity (Wildman–Crippen MR) is 93.6 cm³/mol. The minimum atomic E-state index is 0.352. The van der Waals surface area contributed by atoms with Crippen molar-refractivity contribution in [3.05, 3.63) is 76.2 Å². The molecule has 1 aliphatic heterocycles. The van der Waals surface area contributed by atoms with Gasteiger partial charge in [0.25, 0.3) is 0 Å². The first-order valence-corrected chi connectivity index (χ1v) is 7.87. The Hall–Kier alpha value is -1.77. The van der Waals surface area contributed by atoms with Gasteiger partial charge in [0, 0.05) is 11.9 Å². The van der Waals surface area contributed by atoms with Crippen LogP contribution in [0.1, 0.15) is 24.6 Å². The predicted octanol–water partition coefficient (Wildman–Crippen LogP) is 5.40. The highest BCUT2D eigenvalue weighted by atomic mass is 35.5. The minimum Gasteiger partial charge on any atom is -0.357 e. The van der Waals surface area contributed by atoms with Crippen LogP contribution in [-0.2, 0) is 0 Å². The molecule has 0 amide bonds. The maximum Gasteiger partial charge on any atom is 0.105 e. The van der Waals surface area contributed by atoms with Gasteiger partial charge in [-0.05, 0) is 29.5 Å². The number of nitrogens with one attached hydrogen (secondary N) is 1. The minimum absolute atomic E-state index is 0.352. The van der Waals surface area contributed by atoms with Crippen LogP contribution in [-0.4, -0.2) is 4.98 Å². The van der Waals surface area contributed by atoms with Crippen LogP contribution in [0.4, 0.5) is 0 Å². The molecule has 0 aliphatic carbocycles. The second-order valence-corrected chi connectivity index (χ2v) is 6.30. The van der Waals surface area contributed by atoms with Gasteiger partial charge >= 0.3 is 0 Å². The fraction of sp³-hybridized carbons (Fsp3) is 0.167. The van der Waals surface area contributed by atoms with Crippen LogP contribution >= 0.6 is 23.2 Å². The molecular weight excluding hydrogens is 315 g/mol. The van der Waals surface area contributed by atoms with Crippen molar-refractivity contribution < 1.29 is 0 Å². The van der Waals surface area contributed by atoms with Crippen molar-refractivity contribution in [1.29, 1.82) is 0 Å². The standard InChI is InChI=1S/C18H16Cl2N2/c1-11-8-15(13-6-4-3-5-7-13)17(22-12(11)2)18-16(20)9-14(19)10-21-18/h3-7,9-11,22H,2,8H2,1H3. The number of hydrogen-bond donors (Lipinski definition) is 1. The summed E-state index contributed by atoms with van der Waals surface area (Å²) in [4.78, 5) is 4.41. The summed E-state index contributed by atoms with van der Waals surface area (Å²) in [6, 6.07) is 12.0. The lowest BCUT2D eigenvalue weighted by atomic mass is 9.87. The van der Waals surface area contributed by atoms with Gasteiger partial charge in [0.15, 0.2) is 0 Å². The lowest BCUT2D eigenvalue weighted by molar-refractivity contribution is 0.651. The summed E-state index contributed by atoms with van der Waals surface area (Å²) >= 11 is 12.3. The molecule has 1 N–H and O–H groups in total. The van der Waals surface area contributed by atoms with E-state index in [1.165, 1.54) is 5.57 Å². The summed E-state index contributed by atoms with van der Waals surface area (Å²) in [5.74, 6) is 0.352. The molecule has 1 aliphatic rings. The summed E-state index contributed by atoms with van der Waals surface area (Å²) in [5, 5.41) is 4.45. The van der Waals surface area contributed by atoms with E-state index in [0.29, 0.717) is 21.7 Å². The van der Waals surface area contributed by atoms with Crippen molar-refractivity contribution in [2.75, 3.05) is 0 Å². The van der Waals surface area contributed by atoms with Crippen molar-refractivity contribution in [3.63, 3.8) is 0 Å². The first-order chi connectivity index (χ1) is 10.6. The van der Waals surface area contributed by atoms with E-state index in [1.54, 1.807) is 12.3 Å². The Morgan fingerprint density at radius 2 is 1.95 bits per heavy atom. The summed E-state index contributed by atoms with van der Waals surface area (Å²) in [6.45, 7) is 6.26. The third kappa shape index (κ3) is 2.90. The summed E-state index contributed by atoms with van der Waals surface area (Å²) < 4.78 is 0. The molecule has 0 bridgehead atoms. The monoisotopic (exact) mass is 330 g/mol. The second kappa shape index (κ2) is 6.15. The molecule has 2 aromatic rings. The average molecular weight is 331 g/mol. The molecule has 112 valence electrons. The van der Waals surface area contributed by atoms with E-state index < -0.39 is 0 Å². The van der Waals surface area contributed by atoms with Crippen molar-refractivity contribution in [2.45, 2.75) is 13.3 Å². The quantitative estimate of drug-likeness (QED) is 0.797. The number of allylic oxidation sites excluding steroid dienone is 2. The van der Waals surface area contributed by atoms with Crippen LogP contribution in [0.25, 0.3) is 11.3 Å². The van der Waals surface area contributed by atoms with Crippen LogP contribution in [0.3, 0.4) is 0 Å². The molecule has 2 nitrogen and oxygen atoms in total. The Bertz CT molecular complexity index is 751. The van der Waals surface area contributed by atoms with Gasteiger partial charge in [-0.15, -0.1) is 0 Å². The SMILES string of the molecule is C=C1NC(c2ncc(Cl)cc2Cl)=C(c2ccccc2)CC1C. The zero-order valence-corrected chi connectivity index (χ0v) is 13.7. The first kappa shape index (κ1) is 15.1. The Morgan fingerprint density at radius 3 is 2.64 bits per heavy atom. The van der Waals surface area contributed by atoms with Gasteiger partial charge in [-0.25, -0.2) is 0 Å². The van der Waals surface area contributed by atoms with Crippen LogP contribution in [0.15, 0.2) is 54.9 Å². The molecule has 2 heterocycles. The highest BCUT2D eigenvalue weighted by Crippen LogP contribution is 2.38. The zero-order chi connectivity index (χ0) is 15.7. The molecular formula is C18H16Cl2N2. The molecule has 3 rings (SSSR count). The average Bonchev–Trinajstić information content (AvgIpc) is 2.51. The smallest absolute Gasteiger partial charge is 0.105 e. The fourth-order valence-corrected chi connectivity index (χ4v) is 3.07. The molecule has 0 spiro atoms. The number of hydrogen-bond acceptors (Lipinski definition) is 2. The van der Waals surface area contributed by atoms with Gasteiger partial charge in [0.1, 0.15) is 5.69 Å². The van der Waals surface area contributed by atoms with E-state index in [1.807, 2.05) is 18.2 Å². The van der Waals surface area contributed by atoms with Crippen LogP contribution in [0.5, 0.6) is 0 Å². The van der Waals surface area contributed by atoms with Gasteiger partial charge in [0.05, 0.1) is 15.7 Å². The number of benzene rings is 1. The van der Waals surface area contributed by atoms with Crippen molar-refractivity contribution >= 4 is 34.5 Å². The van der Waals surface area contributed by atoms with Gasteiger partial charge in [-0.3, -0.25) is 4.98 Å². The second-order valence-electron chi connectivity index (χ2n) is 5.46. The van der Waals surface area contributed by atoms with Crippen molar-refractivity contribution in [1.82, 2.24) is 10.3 Å². The number of rotatable bonds is 2. The molecule has 1 unspecified atom stereocenters. The number of nitrogens with zero attached hydrogens (tertiary/aromatic N) is 1. The van der Waals surface area contributed by atoms with E-state index in [-0.39, 0.29) is 0 Å². The molecule has 1 aromatic carbocycles. The molecule has 0 radical (unpaired) electrons. The summed E-state index contributed by atoms with van der Waals surface area (Å²) in [6.07, 6.45) is 2.51. The Balaban J connectivity index is 2.19. The summed E-state index contributed by atoms with van der Waals surface area (Å²) in [7, 11) is 0. The number of aromatic nitrogens is 1. The molecule has 1 aromatic heterocycles. The van der Waals surface area contributed by atoms with Crippen molar-refractivity contribution in [2.24, 2.45) is 5.92 Å². The van der Waals surface area contributed by atoms with E-state index >= 15 is 0 Å². The lowest BCUT2D eigenvalue weighted by Crippen LogP contribution is -2.24. The summed E-state index contributed by atoms with van der Waals surface area (Å²) in [5.41, 5.74) is 4.95. The first-order valence-electron chi connectivity index (χ1n) is 7.12. The van der Waals surface area contributed by atoms with Crippen molar-refractivity contribution in [3.8, 4) is 0 Å². The van der Waals surface area contributed by atoms with Crippen LogP contribution < -0.4 is 5.32 Å². The van der Waals surface area contributed by atoms with E-state index in [9.17, 15) is 0 Å². The Morgan fingerprint density at radius 1 is 1.23 bits per heavy atom. The zero-order valence-electron chi connectivity index (χ0n) is 12.2. The number of halogens is 2. The maximum absolute atomic E-state index is 6.35. The Labute approximate surface area is 140 Å². The topological polar surface area (TPSA) is 24.9 Å². The molecule has 0 saturated heterocycles. The highest BCUT2D eigenvalue weighted by Gasteiger charge is 2.24. The van der Waals surface area contributed by atoms with Gasteiger partial charge in [-0.2, -0.15) is 0 Å². The van der Waals surface area contributed by atoms with Gasteiger partial charge < -0.3 is 5.32 Å². The molecule has 4 heteroatoms. The van der Waals surface area contributed by atoms with Crippen LogP contribution in [0.2, 0.25) is 10.0 Å². The van der Waals surface area contributed by atoms with Gasteiger partial charge in [-0.1, -0.05) is 67.0 Å². The molecule has 0 saturated carbocycles. The fourth-order valence-electron chi connectivity index (χ4n) is 2.59. The maximum atomic E-state index is 6.35. The largest absolute Gasteiger partial charge is 0.357 e.